The van der Waals surface area contributed by atoms with Gasteiger partial charge in [0.15, 0.2) is 0 Å². The molecule has 0 fully saturated rings. The molecule has 354 valence electrons. The number of aliphatic carboxylic acids is 4. The second kappa shape index (κ2) is 27.8. The van der Waals surface area contributed by atoms with Crippen LogP contribution >= 0.6 is 0 Å². The van der Waals surface area contributed by atoms with Crippen molar-refractivity contribution < 1.29 is 93.0 Å². The Bertz CT molecular complexity index is 1730. The van der Waals surface area contributed by atoms with E-state index in [1.807, 2.05) is 16.0 Å². The first kappa shape index (κ1) is 56.0. The molecule has 0 aromatic carbocycles. The van der Waals surface area contributed by atoms with Crippen molar-refractivity contribution in [2.75, 3.05) is 13.2 Å². The van der Waals surface area contributed by atoms with Gasteiger partial charge in [0.1, 0.15) is 42.3 Å². The topological polar surface area (TPSA) is 506 Å². The summed E-state index contributed by atoms with van der Waals surface area (Å²) in [5.74, 6) is -18.1. The van der Waals surface area contributed by atoms with Crippen LogP contribution in [0.3, 0.4) is 0 Å². The molecule has 0 saturated heterocycles. The first-order valence-corrected chi connectivity index (χ1v) is 18.8. The van der Waals surface area contributed by atoms with Crippen molar-refractivity contribution in [3.63, 3.8) is 0 Å². The number of aliphatic hydroxyl groups is 2. The summed E-state index contributed by atoms with van der Waals surface area (Å²) in [7, 11) is 0. The summed E-state index contributed by atoms with van der Waals surface area (Å²) >= 11 is 0. The molecule has 0 saturated carbocycles. The Hall–Kier alpha value is -7.01. The van der Waals surface area contributed by atoms with Gasteiger partial charge in [-0.15, -0.1) is 0 Å². The predicted molar refractivity (Wildman–Crippen MR) is 206 cm³/mol. The van der Waals surface area contributed by atoms with E-state index >= 15 is 0 Å². The fourth-order valence-electron chi connectivity index (χ4n) is 5.14. The highest BCUT2D eigenvalue weighted by atomic mass is 16.4. The van der Waals surface area contributed by atoms with Crippen LogP contribution in [0, 0.1) is 5.92 Å². The summed E-state index contributed by atoms with van der Waals surface area (Å²) in [4.78, 5) is 160. The Kier molecular flexibility index (Phi) is 24.7. The van der Waals surface area contributed by atoms with Crippen LogP contribution in [0.4, 0.5) is 0 Å². The number of carboxylic acid groups (broad SMARTS) is 4. The number of nitrogens with one attached hydrogen (secondary N) is 7. The number of rotatable bonds is 31. The molecule has 0 aliphatic carbocycles. The van der Waals surface area contributed by atoms with Crippen LogP contribution in [0.25, 0.3) is 0 Å². The van der Waals surface area contributed by atoms with E-state index in [-0.39, 0.29) is 6.42 Å². The van der Waals surface area contributed by atoms with Crippen molar-refractivity contribution in [3.8, 4) is 0 Å². The zero-order valence-electron chi connectivity index (χ0n) is 34.0. The molecular weight excluding hydrogens is 852 g/mol. The van der Waals surface area contributed by atoms with Crippen LogP contribution in [0.2, 0.25) is 0 Å². The number of carbonyl (C=O) groups excluding carboxylic acids is 9. The second-order valence-electron chi connectivity index (χ2n) is 13.9. The minimum Gasteiger partial charge on any atom is -0.481 e. The lowest BCUT2D eigenvalue weighted by molar-refractivity contribution is -0.147. The lowest BCUT2D eigenvalue weighted by atomic mass is 9.97. The molecule has 0 aromatic rings. The average Bonchev–Trinajstić information content (AvgIpc) is 3.18. The third-order valence-electron chi connectivity index (χ3n) is 8.77. The number of carbonyl (C=O) groups is 13. The Balaban J connectivity index is 6.32. The maximum atomic E-state index is 13.4. The van der Waals surface area contributed by atoms with Gasteiger partial charge in [-0.05, 0) is 18.8 Å². The van der Waals surface area contributed by atoms with E-state index in [0.717, 1.165) is 0 Å². The molecule has 0 bridgehead atoms. The van der Waals surface area contributed by atoms with Crippen molar-refractivity contribution >= 4 is 77.0 Å². The zero-order chi connectivity index (χ0) is 48.7. The van der Waals surface area contributed by atoms with E-state index in [2.05, 4.69) is 16.0 Å². The Morgan fingerprint density at radius 1 is 0.460 bits per heavy atom. The van der Waals surface area contributed by atoms with E-state index in [4.69, 9.17) is 22.3 Å². The van der Waals surface area contributed by atoms with Gasteiger partial charge < -0.3 is 85.1 Å². The third kappa shape index (κ3) is 21.4. The Morgan fingerprint density at radius 3 is 1.19 bits per heavy atom. The second-order valence-corrected chi connectivity index (χ2v) is 13.9. The van der Waals surface area contributed by atoms with Crippen LogP contribution in [0.1, 0.15) is 65.2 Å². The van der Waals surface area contributed by atoms with Gasteiger partial charge in [0.25, 0.3) is 0 Å². The number of amides is 9. The molecule has 0 spiro atoms. The zero-order valence-corrected chi connectivity index (χ0v) is 34.0. The maximum Gasteiger partial charge on any atom is 0.326 e. The third-order valence-corrected chi connectivity index (χ3v) is 8.77. The molecular formula is C34H54N10O19. The SMILES string of the molecule is CCC(C)C(NC(=O)C(N)CC(N)=O)C(=O)NC(CO)C(=O)NC(CCC(=O)O)C(=O)NC(CO)C(=O)NC(CCC(=O)O)C(=O)NC(CC(N)=O)C(=O)NC(CC(=O)O)C(=O)O. The van der Waals surface area contributed by atoms with Crippen LogP contribution in [0.5, 0.6) is 0 Å². The van der Waals surface area contributed by atoms with Crippen LogP contribution in [-0.2, 0) is 62.3 Å². The fourth-order valence-corrected chi connectivity index (χ4v) is 5.14. The lowest BCUT2D eigenvalue weighted by Crippen LogP contribution is -2.61. The van der Waals surface area contributed by atoms with Crippen molar-refractivity contribution in [1.29, 1.82) is 0 Å². The average molecular weight is 907 g/mol. The van der Waals surface area contributed by atoms with Crippen LogP contribution in [0.15, 0.2) is 0 Å². The molecule has 0 aliphatic heterocycles. The van der Waals surface area contributed by atoms with Crippen molar-refractivity contribution in [2.24, 2.45) is 23.1 Å². The molecule has 0 aromatic heterocycles. The molecule has 63 heavy (non-hydrogen) atoms. The molecule has 0 radical (unpaired) electrons. The fraction of sp³-hybridized carbons (Fsp3) is 0.618. The van der Waals surface area contributed by atoms with Crippen LogP contribution in [-0.4, -0.2) is 169 Å². The normalized spacial score (nSPS) is 15.1. The largest absolute Gasteiger partial charge is 0.481 e. The molecule has 0 aliphatic rings. The number of carboxylic acids is 4. The van der Waals surface area contributed by atoms with Gasteiger partial charge in [-0.3, -0.25) is 57.5 Å². The molecule has 0 heterocycles. The lowest BCUT2D eigenvalue weighted by Gasteiger charge is -2.28. The number of aliphatic hydroxyl groups excluding tert-OH is 2. The van der Waals surface area contributed by atoms with Gasteiger partial charge in [-0.1, -0.05) is 20.3 Å². The first-order valence-electron chi connectivity index (χ1n) is 18.8. The number of hydrogen-bond donors (Lipinski definition) is 16. The minimum atomic E-state index is -2.06. The van der Waals surface area contributed by atoms with E-state index < -0.39 is 189 Å². The summed E-state index contributed by atoms with van der Waals surface area (Å²) < 4.78 is 0. The monoisotopic (exact) mass is 906 g/mol. The van der Waals surface area contributed by atoms with Gasteiger partial charge in [0.2, 0.25) is 53.2 Å². The van der Waals surface area contributed by atoms with Gasteiger partial charge in [0, 0.05) is 12.8 Å². The molecule has 0 rings (SSSR count). The Labute approximate surface area is 357 Å². The molecule has 19 N–H and O–H groups in total. The first-order chi connectivity index (χ1) is 29.3. The molecule has 29 nitrogen and oxygen atoms in total. The highest BCUT2D eigenvalue weighted by Gasteiger charge is 2.36. The Morgan fingerprint density at radius 2 is 0.825 bits per heavy atom. The molecule has 29 heteroatoms. The smallest absolute Gasteiger partial charge is 0.326 e. The quantitative estimate of drug-likeness (QED) is 0.0307. The molecule has 9 unspecified atom stereocenters. The van der Waals surface area contributed by atoms with Gasteiger partial charge in [-0.2, -0.15) is 0 Å². The minimum absolute atomic E-state index is 0.277. The number of primary amides is 2. The summed E-state index contributed by atoms with van der Waals surface area (Å²) in [5.41, 5.74) is 15.8. The van der Waals surface area contributed by atoms with E-state index in [1.54, 1.807) is 12.2 Å². The maximum absolute atomic E-state index is 13.4. The predicted octanol–water partition coefficient (Wildman–Crippen LogP) is -8.22. The number of hydrogen-bond acceptors (Lipinski definition) is 16. The van der Waals surface area contributed by atoms with Gasteiger partial charge in [0.05, 0.1) is 38.5 Å². The summed E-state index contributed by atoms with van der Waals surface area (Å²) in [6.07, 6.45) is -5.56. The van der Waals surface area contributed by atoms with Crippen molar-refractivity contribution in [2.45, 2.75) is 114 Å². The highest BCUT2D eigenvalue weighted by Crippen LogP contribution is 2.10. The highest BCUT2D eigenvalue weighted by molar-refractivity contribution is 5.99. The standard InChI is InChI=1S/C34H54N10O19/c1-3-13(2)26(44-27(55)14(35)8-21(36)47)33(61)43-20(12-46)32(60)39-16(5-7-24(51)52)29(57)42-19(11-45)31(59)38-15(4-6-23(49)50)28(56)40-17(9-22(37)48)30(58)41-18(34(62)63)10-25(53)54/h13-20,26,45-46H,3-12,35H2,1-2H3,(H2,36,47)(H2,37,48)(H,38,59)(H,39,60)(H,40,56)(H,41,58)(H,42,57)(H,43,61)(H,44,55)(H,49,50)(H,51,52)(H,53,54)(H,62,63). The van der Waals surface area contributed by atoms with Crippen molar-refractivity contribution in [3.05, 3.63) is 0 Å². The molecule has 9 amide bonds. The van der Waals surface area contributed by atoms with Crippen LogP contribution < -0.4 is 54.4 Å². The van der Waals surface area contributed by atoms with Gasteiger partial charge >= 0.3 is 23.9 Å². The summed E-state index contributed by atoms with van der Waals surface area (Å²) in [5, 5.41) is 71.0. The van der Waals surface area contributed by atoms with Crippen molar-refractivity contribution in [1.82, 2.24) is 37.2 Å². The van der Waals surface area contributed by atoms with E-state index in [1.165, 1.54) is 6.92 Å². The van der Waals surface area contributed by atoms with E-state index in [9.17, 15) is 87.9 Å². The van der Waals surface area contributed by atoms with E-state index in [0.29, 0.717) is 0 Å². The summed E-state index contributed by atoms with van der Waals surface area (Å²) in [6.45, 7) is 0.783. The summed E-state index contributed by atoms with van der Waals surface area (Å²) in [6, 6.07) is -14.6. The number of nitrogens with two attached hydrogens (primary N) is 3. The molecule has 9 atom stereocenters. The van der Waals surface area contributed by atoms with Gasteiger partial charge in [-0.25, -0.2) is 4.79 Å².